The van der Waals surface area contributed by atoms with Crippen LogP contribution in [0.5, 0.6) is 0 Å². The van der Waals surface area contributed by atoms with Crippen LogP contribution in [0.1, 0.15) is 35.2 Å². The van der Waals surface area contributed by atoms with Crippen LogP contribution >= 0.6 is 35.0 Å². The van der Waals surface area contributed by atoms with Crippen molar-refractivity contribution in [3.8, 4) is 0 Å². The highest BCUT2D eigenvalue weighted by atomic mass is 127. The second kappa shape index (κ2) is 8.96. The minimum Gasteiger partial charge on any atom is -0.339 e. The Balaban J connectivity index is 0.00000220. The number of likely N-dealkylation sites (tertiary alicyclic amines) is 1. The number of hydrogen-bond donors (Lipinski definition) is 1. The van der Waals surface area contributed by atoms with Gasteiger partial charge in [-0.3, -0.25) is 4.79 Å². The molecule has 0 bridgehead atoms. The number of halogens is 2. The quantitative estimate of drug-likeness (QED) is 0.754. The summed E-state index contributed by atoms with van der Waals surface area (Å²) in [5.41, 5.74) is 2.01. The molecule has 21 heavy (non-hydrogen) atoms. The largest absolute Gasteiger partial charge is 0.339 e. The molecule has 1 aromatic carbocycles. The summed E-state index contributed by atoms with van der Waals surface area (Å²) in [5.74, 6) is 0.966. The van der Waals surface area contributed by atoms with Crippen LogP contribution in [-0.4, -0.2) is 37.5 Å². The maximum atomic E-state index is 12.6. The highest BCUT2D eigenvalue weighted by molar-refractivity contribution is 14.1. The first-order valence-corrected chi connectivity index (χ1v) is 8.39. The summed E-state index contributed by atoms with van der Waals surface area (Å²) in [5, 5.41) is 3.21. The molecule has 3 nitrogen and oxygen atoms in total. The maximum Gasteiger partial charge on any atom is 0.254 e. The lowest BCUT2D eigenvalue weighted by molar-refractivity contribution is 0.0686. The highest BCUT2D eigenvalue weighted by Gasteiger charge is 2.24. The Kier molecular flexibility index (Phi) is 7.98. The van der Waals surface area contributed by atoms with Crippen LogP contribution < -0.4 is 5.32 Å². The van der Waals surface area contributed by atoms with Gasteiger partial charge >= 0.3 is 0 Å². The molecule has 0 unspecified atom stereocenters. The summed E-state index contributed by atoms with van der Waals surface area (Å²) in [7, 11) is 2.00. The lowest BCUT2D eigenvalue weighted by atomic mass is 9.93. The molecule has 1 N–H and O–H groups in total. The minimum absolute atomic E-state index is 0. The Morgan fingerprint density at radius 2 is 2.05 bits per heavy atom. The number of hydrogen-bond acceptors (Lipinski definition) is 2. The summed E-state index contributed by atoms with van der Waals surface area (Å²) in [4.78, 5) is 14.6. The Labute approximate surface area is 147 Å². The average molecular weight is 423 g/mol. The van der Waals surface area contributed by atoms with Crippen molar-refractivity contribution in [1.82, 2.24) is 10.2 Å². The molecule has 0 spiro atoms. The molecule has 0 radical (unpaired) electrons. The van der Waals surface area contributed by atoms with Gasteiger partial charge < -0.3 is 10.2 Å². The van der Waals surface area contributed by atoms with Crippen LogP contribution in [0.25, 0.3) is 0 Å². The Morgan fingerprint density at radius 3 is 2.67 bits per heavy atom. The monoisotopic (exact) mass is 422 g/mol. The van der Waals surface area contributed by atoms with Crippen molar-refractivity contribution in [2.75, 3.05) is 26.7 Å². The van der Waals surface area contributed by atoms with Crippen LogP contribution in [0.4, 0.5) is 0 Å². The highest BCUT2D eigenvalue weighted by Crippen LogP contribution is 2.23. The van der Waals surface area contributed by atoms with Crippen molar-refractivity contribution in [3.05, 3.63) is 32.9 Å². The summed E-state index contributed by atoms with van der Waals surface area (Å²) in [6, 6.07) is 6.10. The molecule has 2 rings (SSSR count). The number of carbonyl (C=O) groups excluding carboxylic acids is 1. The van der Waals surface area contributed by atoms with Gasteiger partial charge in [-0.05, 0) is 80.4 Å². The van der Waals surface area contributed by atoms with E-state index in [0.29, 0.717) is 0 Å². The molecule has 0 atom stereocenters. The number of rotatable bonds is 4. The van der Waals surface area contributed by atoms with Gasteiger partial charge in [0.2, 0.25) is 0 Å². The topological polar surface area (TPSA) is 32.3 Å². The lowest BCUT2D eigenvalue weighted by Crippen LogP contribution is -2.39. The number of benzene rings is 1. The van der Waals surface area contributed by atoms with Crippen molar-refractivity contribution in [2.24, 2.45) is 5.92 Å². The molecule has 1 fully saturated rings. The zero-order valence-electron chi connectivity index (χ0n) is 12.7. The van der Waals surface area contributed by atoms with Crippen molar-refractivity contribution in [3.63, 3.8) is 0 Å². The number of aryl methyl sites for hydroxylation is 1. The molecule has 1 aliphatic heterocycles. The van der Waals surface area contributed by atoms with E-state index in [2.05, 4.69) is 34.0 Å². The molecule has 1 aromatic rings. The van der Waals surface area contributed by atoms with Gasteiger partial charge in [0.05, 0.1) is 5.56 Å². The molecule has 118 valence electrons. The average Bonchev–Trinajstić information content (AvgIpc) is 2.47. The van der Waals surface area contributed by atoms with E-state index >= 15 is 0 Å². The molecular weight excluding hydrogens is 399 g/mol. The molecule has 1 heterocycles. The standard InChI is InChI=1S/C16H23IN2O.ClH/c1-12-3-4-15(17)14(11-12)16(20)19-9-6-13(7-10-19)5-8-18-2;/h3-4,11,13,18H,5-10H2,1-2H3;1H. The molecule has 0 aromatic heterocycles. The van der Waals surface area contributed by atoms with Crippen molar-refractivity contribution < 1.29 is 4.79 Å². The fourth-order valence-corrected chi connectivity index (χ4v) is 3.31. The first-order chi connectivity index (χ1) is 9.61. The van der Waals surface area contributed by atoms with E-state index in [4.69, 9.17) is 0 Å². The van der Waals surface area contributed by atoms with Crippen molar-refractivity contribution >= 4 is 40.9 Å². The fraction of sp³-hybridized carbons (Fsp3) is 0.562. The molecule has 1 saturated heterocycles. The van der Waals surface area contributed by atoms with Gasteiger partial charge in [-0.2, -0.15) is 0 Å². The van der Waals surface area contributed by atoms with Gasteiger partial charge in [-0.25, -0.2) is 0 Å². The van der Waals surface area contributed by atoms with Gasteiger partial charge in [-0.1, -0.05) is 11.6 Å². The predicted molar refractivity (Wildman–Crippen MR) is 98.3 cm³/mol. The van der Waals surface area contributed by atoms with E-state index < -0.39 is 0 Å². The summed E-state index contributed by atoms with van der Waals surface area (Å²) in [6.45, 7) is 4.92. The van der Waals surface area contributed by atoms with E-state index in [-0.39, 0.29) is 18.3 Å². The third-order valence-electron chi connectivity index (χ3n) is 4.06. The Hall–Kier alpha value is -0.330. The van der Waals surface area contributed by atoms with E-state index in [9.17, 15) is 4.79 Å². The zero-order valence-corrected chi connectivity index (χ0v) is 15.7. The van der Waals surface area contributed by atoms with E-state index in [1.54, 1.807) is 0 Å². The summed E-state index contributed by atoms with van der Waals surface area (Å²) < 4.78 is 1.05. The molecule has 5 heteroatoms. The molecule has 1 amide bonds. The van der Waals surface area contributed by atoms with Crippen molar-refractivity contribution in [2.45, 2.75) is 26.2 Å². The number of amides is 1. The van der Waals surface area contributed by atoms with Crippen LogP contribution in [0.3, 0.4) is 0 Å². The van der Waals surface area contributed by atoms with E-state index in [0.717, 1.165) is 53.1 Å². The van der Waals surface area contributed by atoms with Gasteiger partial charge in [0.15, 0.2) is 0 Å². The van der Waals surface area contributed by atoms with Gasteiger partial charge in [0.25, 0.3) is 5.91 Å². The summed E-state index contributed by atoms with van der Waals surface area (Å²) >= 11 is 2.26. The molecular formula is C16H24ClIN2O. The zero-order chi connectivity index (χ0) is 14.5. The van der Waals surface area contributed by atoms with Gasteiger partial charge in [0.1, 0.15) is 0 Å². The smallest absolute Gasteiger partial charge is 0.254 e. The number of piperidine rings is 1. The molecule has 0 aliphatic carbocycles. The van der Waals surface area contributed by atoms with Gasteiger partial charge in [0, 0.05) is 16.7 Å². The SMILES string of the molecule is CNCCC1CCN(C(=O)c2cc(C)ccc2I)CC1.Cl. The first kappa shape index (κ1) is 18.7. The third-order valence-corrected chi connectivity index (χ3v) is 5.00. The number of carbonyl (C=O) groups is 1. The van der Waals surface area contributed by atoms with E-state index in [1.165, 1.54) is 6.42 Å². The van der Waals surface area contributed by atoms with Crippen LogP contribution in [0.2, 0.25) is 0 Å². The lowest BCUT2D eigenvalue weighted by Gasteiger charge is -2.32. The number of nitrogens with one attached hydrogen (secondary N) is 1. The second-order valence-electron chi connectivity index (χ2n) is 5.61. The Bertz CT molecular complexity index is 473. The third kappa shape index (κ3) is 5.11. The molecule has 1 aliphatic rings. The Morgan fingerprint density at radius 1 is 1.38 bits per heavy atom. The first-order valence-electron chi connectivity index (χ1n) is 7.32. The summed E-state index contributed by atoms with van der Waals surface area (Å²) in [6.07, 6.45) is 3.49. The van der Waals surface area contributed by atoms with E-state index in [1.807, 2.05) is 31.0 Å². The normalized spacial score (nSPS) is 15.7. The van der Waals surface area contributed by atoms with Gasteiger partial charge in [-0.15, -0.1) is 12.4 Å². The minimum atomic E-state index is 0. The van der Waals surface area contributed by atoms with Crippen LogP contribution in [0, 0.1) is 16.4 Å². The van der Waals surface area contributed by atoms with Crippen LogP contribution in [-0.2, 0) is 0 Å². The van der Waals surface area contributed by atoms with Crippen molar-refractivity contribution in [1.29, 1.82) is 0 Å². The predicted octanol–water partition coefficient (Wildman–Crippen LogP) is 3.48. The number of nitrogens with zero attached hydrogens (tertiary/aromatic N) is 1. The fourth-order valence-electron chi connectivity index (χ4n) is 2.75. The second-order valence-corrected chi connectivity index (χ2v) is 6.77. The maximum absolute atomic E-state index is 12.6. The van der Waals surface area contributed by atoms with Crippen LogP contribution in [0.15, 0.2) is 18.2 Å². The molecule has 0 saturated carbocycles.